The van der Waals surface area contributed by atoms with E-state index >= 15 is 0 Å². The number of urea groups is 1. The lowest BCUT2D eigenvalue weighted by atomic mass is 9.73. The quantitative estimate of drug-likeness (QED) is 0.445. The molecule has 4 rings (SSSR count). The molecule has 2 aromatic rings. The topological polar surface area (TPSA) is 74.3 Å². The van der Waals surface area contributed by atoms with Gasteiger partial charge < -0.3 is 29.7 Å². The van der Waals surface area contributed by atoms with E-state index in [1.54, 1.807) is 7.11 Å². The Morgan fingerprint density at radius 3 is 2.49 bits per heavy atom. The van der Waals surface area contributed by atoms with Gasteiger partial charge in [0.25, 0.3) is 0 Å². The van der Waals surface area contributed by atoms with Crippen molar-refractivity contribution in [1.82, 2.24) is 15.1 Å². The van der Waals surface area contributed by atoms with Crippen molar-refractivity contribution in [2.75, 3.05) is 46.9 Å². The number of likely N-dealkylation sites (N-methyl/N-ethyl adjacent to an activating group) is 1. The highest BCUT2D eigenvalue weighted by atomic mass is 16.5. The first kappa shape index (κ1) is 27.4. The summed E-state index contributed by atoms with van der Waals surface area (Å²) in [6.45, 7) is 5.48. The summed E-state index contributed by atoms with van der Waals surface area (Å²) in [4.78, 5) is 17.3. The molecule has 2 N–H and O–H groups in total. The van der Waals surface area contributed by atoms with E-state index in [0.717, 1.165) is 68.6 Å². The first-order chi connectivity index (χ1) is 18.0. The molecule has 0 aromatic heterocycles. The maximum atomic E-state index is 13.4. The second kappa shape index (κ2) is 12.8. The molecular formula is C30H43N3O4. The SMILES string of the molecule is CNC1CCN(C(=O)N2CCCC(C(O)(CCCCOC)c3ccccc3Oc3ccccc3C)C2)C1. The maximum Gasteiger partial charge on any atom is 0.320 e. The van der Waals surface area contributed by atoms with E-state index in [2.05, 4.69) is 5.32 Å². The Labute approximate surface area is 221 Å². The van der Waals surface area contributed by atoms with Gasteiger partial charge in [0.05, 0.1) is 5.60 Å². The molecule has 202 valence electrons. The predicted molar refractivity (Wildman–Crippen MR) is 146 cm³/mol. The average Bonchev–Trinajstić information content (AvgIpc) is 3.42. The van der Waals surface area contributed by atoms with Crippen LogP contribution in [0.3, 0.4) is 0 Å². The van der Waals surface area contributed by atoms with Gasteiger partial charge in [-0.3, -0.25) is 0 Å². The number of methoxy groups -OCH3 is 1. The first-order valence-electron chi connectivity index (χ1n) is 13.7. The number of likely N-dealkylation sites (tertiary alicyclic amines) is 2. The molecule has 3 atom stereocenters. The number of carbonyl (C=O) groups is 1. The number of ether oxygens (including phenoxy) is 2. The van der Waals surface area contributed by atoms with Crippen LogP contribution in [0.5, 0.6) is 11.5 Å². The Bertz CT molecular complexity index is 1030. The van der Waals surface area contributed by atoms with Gasteiger partial charge in [-0.2, -0.15) is 0 Å². The zero-order valence-electron chi connectivity index (χ0n) is 22.6. The monoisotopic (exact) mass is 509 g/mol. The molecular weight excluding hydrogens is 466 g/mol. The molecule has 37 heavy (non-hydrogen) atoms. The van der Waals surface area contributed by atoms with Gasteiger partial charge in [-0.15, -0.1) is 0 Å². The van der Waals surface area contributed by atoms with Crippen LogP contribution in [0.1, 0.15) is 49.7 Å². The summed E-state index contributed by atoms with van der Waals surface area (Å²) in [6, 6.07) is 16.2. The molecule has 7 nitrogen and oxygen atoms in total. The van der Waals surface area contributed by atoms with Gasteiger partial charge in [0.2, 0.25) is 0 Å². The number of unbranched alkanes of at least 4 members (excludes halogenated alkanes) is 1. The Morgan fingerprint density at radius 2 is 1.76 bits per heavy atom. The van der Waals surface area contributed by atoms with Gasteiger partial charge in [0, 0.05) is 57.4 Å². The number of rotatable bonds is 10. The Morgan fingerprint density at radius 1 is 1.03 bits per heavy atom. The van der Waals surface area contributed by atoms with E-state index in [0.29, 0.717) is 31.4 Å². The summed E-state index contributed by atoms with van der Waals surface area (Å²) in [5.74, 6) is 1.37. The van der Waals surface area contributed by atoms with Crippen molar-refractivity contribution in [3.63, 3.8) is 0 Å². The number of aliphatic hydroxyl groups is 1. The van der Waals surface area contributed by atoms with Crippen LogP contribution in [-0.2, 0) is 10.3 Å². The average molecular weight is 510 g/mol. The van der Waals surface area contributed by atoms with E-state index in [9.17, 15) is 9.90 Å². The van der Waals surface area contributed by atoms with Gasteiger partial charge in [-0.25, -0.2) is 4.79 Å². The standard InChI is InChI=1S/C30H43N3O4/c1-23-11-4-6-14-27(23)37-28-15-7-5-13-26(28)30(35,17-8-9-20-36-3)24-12-10-18-32(21-24)29(34)33-19-16-25(22-33)31-2/h4-7,11,13-15,24-25,31,35H,8-10,12,16-22H2,1-3H3. The van der Waals surface area contributed by atoms with Crippen LogP contribution < -0.4 is 10.1 Å². The lowest BCUT2D eigenvalue weighted by Crippen LogP contribution is -2.51. The fraction of sp³-hybridized carbons (Fsp3) is 0.567. The third-order valence-corrected chi connectivity index (χ3v) is 8.06. The van der Waals surface area contributed by atoms with E-state index in [1.807, 2.05) is 72.3 Å². The first-order valence-corrected chi connectivity index (χ1v) is 13.7. The second-order valence-corrected chi connectivity index (χ2v) is 10.5. The molecule has 2 fully saturated rings. The maximum absolute atomic E-state index is 13.4. The minimum atomic E-state index is -1.12. The lowest BCUT2D eigenvalue weighted by molar-refractivity contribution is -0.0586. The van der Waals surface area contributed by atoms with Gasteiger partial charge >= 0.3 is 6.03 Å². The summed E-state index contributed by atoms with van der Waals surface area (Å²) in [5.41, 5.74) is 0.719. The number of carbonyl (C=O) groups excluding carboxylic acids is 1. The molecule has 2 saturated heterocycles. The molecule has 2 aliphatic heterocycles. The number of para-hydroxylation sites is 2. The largest absolute Gasteiger partial charge is 0.457 e. The summed E-state index contributed by atoms with van der Waals surface area (Å²) in [7, 11) is 3.66. The molecule has 0 bridgehead atoms. The molecule has 2 heterocycles. The minimum Gasteiger partial charge on any atom is -0.457 e. The highest BCUT2D eigenvalue weighted by molar-refractivity contribution is 5.75. The summed E-state index contributed by atoms with van der Waals surface area (Å²) >= 11 is 0. The van der Waals surface area contributed by atoms with Gasteiger partial charge in [0.15, 0.2) is 0 Å². The number of piperidine rings is 1. The van der Waals surface area contributed by atoms with Gasteiger partial charge in [-0.1, -0.05) is 36.4 Å². The molecule has 7 heteroatoms. The number of nitrogens with zero attached hydrogens (tertiary/aromatic N) is 2. The number of nitrogens with one attached hydrogen (secondary N) is 1. The van der Waals surface area contributed by atoms with Crippen LogP contribution >= 0.6 is 0 Å². The minimum absolute atomic E-state index is 0.0861. The lowest BCUT2D eigenvalue weighted by Gasteiger charge is -2.44. The van der Waals surface area contributed by atoms with E-state index < -0.39 is 5.60 Å². The van der Waals surface area contributed by atoms with Gasteiger partial charge in [0.1, 0.15) is 11.5 Å². The van der Waals surface area contributed by atoms with E-state index in [1.165, 1.54) is 0 Å². The van der Waals surface area contributed by atoms with Crippen LogP contribution in [0, 0.1) is 12.8 Å². The Hall–Kier alpha value is -2.61. The van der Waals surface area contributed by atoms with Crippen molar-refractivity contribution in [2.45, 2.75) is 57.1 Å². The molecule has 3 unspecified atom stereocenters. The van der Waals surface area contributed by atoms with Crippen LogP contribution in [0.25, 0.3) is 0 Å². The van der Waals surface area contributed by atoms with Crippen molar-refractivity contribution >= 4 is 6.03 Å². The molecule has 0 aliphatic carbocycles. The van der Waals surface area contributed by atoms with Crippen molar-refractivity contribution in [2.24, 2.45) is 5.92 Å². The highest BCUT2D eigenvalue weighted by Gasteiger charge is 2.43. The van der Waals surface area contributed by atoms with Crippen LogP contribution in [-0.4, -0.2) is 73.9 Å². The van der Waals surface area contributed by atoms with Crippen molar-refractivity contribution in [3.8, 4) is 11.5 Å². The number of hydrogen-bond donors (Lipinski definition) is 2. The summed E-state index contributed by atoms with van der Waals surface area (Å²) in [6.07, 6.45) is 5.00. The van der Waals surface area contributed by atoms with Crippen LogP contribution in [0.15, 0.2) is 48.5 Å². The molecule has 0 radical (unpaired) electrons. The zero-order valence-corrected chi connectivity index (χ0v) is 22.6. The van der Waals surface area contributed by atoms with Crippen LogP contribution in [0.4, 0.5) is 4.79 Å². The van der Waals surface area contributed by atoms with Crippen molar-refractivity contribution in [1.29, 1.82) is 0 Å². The molecule has 0 spiro atoms. The Kier molecular flexibility index (Phi) is 9.46. The summed E-state index contributed by atoms with van der Waals surface area (Å²) < 4.78 is 11.7. The number of benzene rings is 2. The fourth-order valence-electron chi connectivity index (χ4n) is 5.81. The number of amides is 2. The third-order valence-electron chi connectivity index (χ3n) is 8.06. The highest BCUT2D eigenvalue weighted by Crippen LogP contribution is 2.44. The normalized spacial score (nSPS) is 21.6. The number of hydrogen-bond acceptors (Lipinski definition) is 5. The second-order valence-electron chi connectivity index (χ2n) is 10.5. The molecule has 2 aliphatic rings. The summed E-state index contributed by atoms with van der Waals surface area (Å²) in [5, 5.41) is 15.8. The fourth-order valence-corrected chi connectivity index (χ4v) is 5.81. The van der Waals surface area contributed by atoms with E-state index in [4.69, 9.17) is 9.47 Å². The van der Waals surface area contributed by atoms with Crippen molar-refractivity contribution < 1.29 is 19.4 Å². The van der Waals surface area contributed by atoms with Gasteiger partial charge in [-0.05, 0) is 70.2 Å². The Balaban J connectivity index is 1.60. The molecule has 0 saturated carbocycles. The molecule has 2 aromatic carbocycles. The zero-order chi connectivity index (χ0) is 26.3. The van der Waals surface area contributed by atoms with Crippen molar-refractivity contribution in [3.05, 3.63) is 59.7 Å². The third kappa shape index (κ3) is 6.46. The smallest absolute Gasteiger partial charge is 0.320 e. The predicted octanol–water partition coefficient (Wildman–Crippen LogP) is 4.92. The molecule has 2 amide bonds. The van der Waals surface area contributed by atoms with Crippen LogP contribution in [0.2, 0.25) is 0 Å². The van der Waals surface area contributed by atoms with E-state index in [-0.39, 0.29) is 11.9 Å². The number of aryl methyl sites for hydroxylation is 1.